The lowest BCUT2D eigenvalue weighted by Crippen LogP contribution is -2.30. The molecule has 0 saturated carbocycles. The van der Waals surface area contributed by atoms with Crippen LogP contribution in [0.25, 0.3) is 0 Å². The number of likely N-dealkylation sites (tertiary alicyclic amines) is 1. The van der Waals surface area contributed by atoms with Crippen molar-refractivity contribution >= 4 is 29.1 Å². The number of nitrogens with zero attached hydrogens (tertiary/aromatic N) is 1. The van der Waals surface area contributed by atoms with Crippen LogP contribution in [0.3, 0.4) is 0 Å². The van der Waals surface area contributed by atoms with Crippen LogP contribution >= 0.6 is 23.2 Å². The highest BCUT2D eigenvalue weighted by Gasteiger charge is 2.33. The molecule has 1 aromatic carbocycles. The zero-order chi connectivity index (χ0) is 12.6. The maximum atomic E-state index is 12.1. The van der Waals surface area contributed by atoms with Gasteiger partial charge in [0.2, 0.25) is 0 Å². The maximum absolute atomic E-state index is 12.1. The summed E-state index contributed by atoms with van der Waals surface area (Å²) >= 11 is 11.7. The lowest BCUT2D eigenvalue weighted by Gasteiger charge is -2.16. The second-order valence-electron chi connectivity index (χ2n) is 3.97. The Morgan fingerprint density at radius 3 is 2.41 bits per heavy atom. The Kier molecular flexibility index (Phi) is 3.58. The van der Waals surface area contributed by atoms with Crippen molar-refractivity contribution in [2.45, 2.75) is 12.2 Å². The largest absolute Gasteiger partial charge is 0.388 e. The van der Waals surface area contributed by atoms with Gasteiger partial charge in [-0.2, -0.15) is 0 Å². The summed E-state index contributed by atoms with van der Waals surface area (Å²) < 4.78 is 0. The summed E-state index contributed by atoms with van der Waals surface area (Å²) in [6.45, 7) is 0.200. The fraction of sp³-hybridized carbons (Fsp3) is 0.364. The van der Waals surface area contributed by atoms with E-state index in [2.05, 4.69) is 0 Å². The van der Waals surface area contributed by atoms with E-state index in [0.717, 1.165) is 0 Å². The van der Waals surface area contributed by atoms with Gasteiger partial charge in [0, 0.05) is 18.1 Å². The predicted molar refractivity (Wildman–Crippen MR) is 64.4 cm³/mol. The summed E-state index contributed by atoms with van der Waals surface area (Å²) in [6.07, 6.45) is -1.81. The van der Waals surface area contributed by atoms with Crippen molar-refractivity contribution in [3.63, 3.8) is 0 Å². The first-order valence-electron chi connectivity index (χ1n) is 5.09. The number of aliphatic hydroxyl groups is 2. The number of benzene rings is 1. The second kappa shape index (κ2) is 4.82. The van der Waals surface area contributed by atoms with E-state index in [-0.39, 0.29) is 24.6 Å². The number of carbonyl (C=O) groups excluding carboxylic acids is 1. The fourth-order valence-corrected chi connectivity index (χ4v) is 2.14. The molecular weight excluding hydrogens is 265 g/mol. The number of β-amino-alcohol motifs (C(OH)–C–C–N with tert-alkyl or cyclic N) is 2. The number of aliphatic hydroxyl groups excluding tert-OH is 2. The van der Waals surface area contributed by atoms with Gasteiger partial charge in [-0.3, -0.25) is 4.79 Å². The molecule has 0 aromatic heterocycles. The Labute approximate surface area is 108 Å². The number of carbonyl (C=O) groups is 1. The highest BCUT2D eigenvalue weighted by Crippen LogP contribution is 2.23. The molecule has 0 unspecified atom stereocenters. The van der Waals surface area contributed by atoms with Crippen molar-refractivity contribution < 1.29 is 15.0 Å². The third kappa shape index (κ3) is 2.55. The minimum Gasteiger partial charge on any atom is -0.388 e. The van der Waals surface area contributed by atoms with E-state index in [9.17, 15) is 15.0 Å². The normalized spacial score (nSPS) is 24.1. The molecule has 0 aliphatic carbocycles. The smallest absolute Gasteiger partial charge is 0.255 e. The number of rotatable bonds is 1. The summed E-state index contributed by atoms with van der Waals surface area (Å²) in [6, 6.07) is 4.61. The number of amides is 1. The van der Waals surface area contributed by atoms with Crippen LogP contribution in [0.1, 0.15) is 10.4 Å². The van der Waals surface area contributed by atoms with E-state index in [1.54, 1.807) is 12.1 Å². The van der Waals surface area contributed by atoms with Gasteiger partial charge >= 0.3 is 0 Å². The molecule has 2 atom stereocenters. The Balaban J connectivity index is 2.23. The van der Waals surface area contributed by atoms with Gasteiger partial charge in [0.25, 0.3) is 5.91 Å². The Morgan fingerprint density at radius 2 is 1.82 bits per heavy atom. The fourth-order valence-electron chi connectivity index (χ4n) is 1.77. The molecule has 6 heteroatoms. The van der Waals surface area contributed by atoms with Crippen molar-refractivity contribution in [1.29, 1.82) is 0 Å². The van der Waals surface area contributed by atoms with Gasteiger partial charge in [-0.15, -0.1) is 0 Å². The summed E-state index contributed by atoms with van der Waals surface area (Å²) in [5, 5.41) is 19.5. The molecule has 92 valence electrons. The zero-order valence-electron chi connectivity index (χ0n) is 8.81. The molecule has 0 spiro atoms. The zero-order valence-corrected chi connectivity index (χ0v) is 10.3. The molecule has 0 radical (unpaired) electrons. The van der Waals surface area contributed by atoms with E-state index in [1.807, 2.05) is 0 Å². The number of halogens is 2. The quantitative estimate of drug-likeness (QED) is 0.809. The molecule has 2 rings (SSSR count). The van der Waals surface area contributed by atoms with Gasteiger partial charge < -0.3 is 15.1 Å². The van der Waals surface area contributed by atoms with Gasteiger partial charge in [-0.1, -0.05) is 23.2 Å². The minimum absolute atomic E-state index is 0.100. The Morgan fingerprint density at radius 1 is 1.24 bits per heavy atom. The molecule has 1 saturated heterocycles. The van der Waals surface area contributed by atoms with Crippen LogP contribution < -0.4 is 0 Å². The lowest BCUT2D eigenvalue weighted by molar-refractivity contribution is 0.0572. The van der Waals surface area contributed by atoms with Crippen molar-refractivity contribution in [2.24, 2.45) is 0 Å². The maximum Gasteiger partial charge on any atom is 0.255 e. The summed E-state index contributed by atoms with van der Waals surface area (Å²) in [7, 11) is 0. The van der Waals surface area contributed by atoms with Crippen LogP contribution in [0, 0.1) is 0 Å². The van der Waals surface area contributed by atoms with Crippen LogP contribution in [0.15, 0.2) is 18.2 Å². The van der Waals surface area contributed by atoms with Crippen LogP contribution in [0.2, 0.25) is 10.0 Å². The van der Waals surface area contributed by atoms with Crippen molar-refractivity contribution in [3.8, 4) is 0 Å². The SMILES string of the molecule is O=C(c1cc(Cl)ccc1Cl)N1C[C@@H](O)[C@@H](O)C1. The monoisotopic (exact) mass is 275 g/mol. The van der Waals surface area contributed by atoms with Crippen LogP contribution in [-0.2, 0) is 0 Å². The van der Waals surface area contributed by atoms with E-state index in [0.29, 0.717) is 10.0 Å². The standard InChI is InChI=1S/C11H11Cl2NO3/c12-6-1-2-8(13)7(3-6)11(17)14-4-9(15)10(16)5-14/h1-3,9-10,15-16H,4-5H2/t9-,10+. The highest BCUT2D eigenvalue weighted by molar-refractivity contribution is 6.35. The second-order valence-corrected chi connectivity index (χ2v) is 4.81. The van der Waals surface area contributed by atoms with Crippen LogP contribution in [-0.4, -0.2) is 46.3 Å². The average Bonchev–Trinajstić information content (AvgIpc) is 2.62. The third-order valence-corrected chi connectivity index (χ3v) is 3.27. The average molecular weight is 276 g/mol. The molecule has 1 amide bonds. The van der Waals surface area contributed by atoms with Gasteiger partial charge in [-0.05, 0) is 18.2 Å². The van der Waals surface area contributed by atoms with Crippen LogP contribution in [0.4, 0.5) is 0 Å². The Bertz CT molecular complexity index is 442. The molecule has 1 aliphatic rings. The van der Waals surface area contributed by atoms with E-state index in [4.69, 9.17) is 23.2 Å². The van der Waals surface area contributed by atoms with Gasteiger partial charge in [-0.25, -0.2) is 0 Å². The minimum atomic E-state index is -0.906. The van der Waals surface area contributed by atoms with Crippen molar-refractivity contribution in [1.82, 2.24) is 4.90 Å². The summed E-state index contributed by atoms with van der Waals surface area (Å²) in [5.74, 6) is -0.340. The molecule has 1 aliphatic heterocycles. The molecule has 2 N–H and O–H groups in total. The first kappa shape index (κ1) is 12.6. The summed E-state index contributed by atoms with van der Waals surface area (Å²) in [5.41, 5.74) is 0.278. The van der Waals surface area contributed by atoms with E-state index < -0.39 is 12.2 Å². The molecule has 1 heterocycles. The molecule has 1 fully saturated rings. The number of hydrogen-bond donors (Lipinski definition) is 2. The number of hydrogen-bond acceptors (Lipinski definition) is 3. The molecule has 0 bridgehead atoms. The first-order valence-corrected chi connectivity index (χ1v) is 5.85. The van der Waals surface area contributed by atoms with Gasteiger partial charge in [0.15, 0.2) is 0 Å². The van der Waals surface area contributed by atoms with E-state index in [1.165, 1.54) is 11.0 Å². The summed E-state index contributed by atoms with van der Waals surface area (Å²) in [4.78, 5) is 13.4. The van der Waals surface area contributed by atoms with E-state index >= 15 is 0 Å². The van der Waals surface area contributed by atoms with Crippen LogP contribution in [0.5, 0.6) is 0 Å². The topological polar surface area (TPSA) is 60.8 Å². The first-order chi connectivity index (χ1) is 7.99. The molecule has 1 aromatic rings. The lowest BCUT2D eigenvalue weighted by atomic mass is 10.2. The van der Waals surface area contributed by atoms with Crippen molar-refractivity contribution in [2.75, 3.05) is 13.1 Å². The third-order valence-electron chi connectivity index (χ3n) is 2.71. The molecule has 17 heavy (non-hydrogen) atoms. The predicted octanol–water partition coefficient (Wildman–Crippen LogP) is 1.17. The molecular formula is C11H11Cl2NO3. The molecule has 4 nitrogen and oxygen atoms in total. The van der Waals surface area contributed by atoms with Crippen molar-refractivity contribution in [3.05, 3.63) is 33.8 Å². The highest BCUT2D eigenvalue weighted by atomic mass is 35.5. The Hall–Kier alpha value is -0.810. The van der Waals surface area contributed by atoms with Gasteiger partial charge in [0.1, 0.15) is 0 Å². The van der Waals surface area contributed by atoms with Gasteiger partial charge in [0.05, 0.1) is 22.8 Å².